The normalized spacial score (nSPS) is 13.0. The summed E-state index contributed by atoms with van der Waals surface area (Å²) in [5, 5.41) is 5.87. The standard InChI is InChI=1S/C27H29N3O4/c1-30-12-11-19-7-8-20(14-22(19)17-30)27(32)29-23-6-4-5-18(13-23)16-28-26(31)21-9-10-24(33-2)25(15-21)34-3/h4-10,13-15H,11-12,16-17H2,1-3H3,(H,28,31)(H,29,32). The van der Waals surface area contributed by atoms with E-state index >= 15 is 0 Å². The summed E-state index contributed by atoms with van der Waals surface area (Å²) < 4.78 is 10.5. The number of anilines is 1. The third-order valence-corrected chi connectivity index (χ3v) is 5.96. The molecule has 7 nitrogen and oxygen atoms in total. The monoisotopic (exact) mass is 459 g/mol. The van der Waals surface area contributed by atoms with E-state index in [1.807, 2.05) is 36.4 Å². The molecule has 34 heavy (non-hydrogen) atoms. The first-order valence-corrected chi connectivity index (χ1v) is 11.2. The van der Waals surface area contributed by atoms with Crippen LogP contribution < -0.4 is 20.1 Å². The molecule has 0 saturated carbocycles. The molecule has 1 aliphatic rings. The fourth-order valence-electron chi connectivity index (χ4n) is 4.06. The molecule has 0 unspecified atom stereocenters. The van der Waals surface area contributed by atoms with Crippen LogP contribution in [0.5, 0.6) is 11.5 Å². The molecular formula is C27H29N3O4. The van der Waals surface area contributed by atoms with E-state index in [1.54, 1.807) is 25.3 Å². The van der Waals surface area contributed by atoms with Crippen molar-refractivity contribution >= 4 is 17.5 Å². The van der Waals surface area contributed by atoms with Crippen LogP contribution in [-0.2, 0) is 19.5 Å². The maximum absolute atomic E-state index is 12.8. The number of nitrogens with zero attached hydrogens (tertiary/aromatic N) is 1. The number of rotatable bonds is 7. The van der Waals surface area contributed by atoms with Gasteiger partial charge in [0, 0.05) is 36.4 Å². The van der Waals surface area contributed by atoms with Gasteiger partial charge in [0.2, 0.25) is 0 Å². The van der Waals surface area contributed by atoms with Crippen LogP contribution >= 0.6 is 0 Å². The molecule has 0 saturated heterocycles. The van der Waals surface area contributed by atoms with Gasteiger partial charge in [0.1, 0.15) is 0 Å². The van der Waals surface area contributed by atoms with Crippen molar-refractivity contribution in [2.24, 2.45) is 0 Å². The van der Waals surface area contributed by atoms with E-state index in [0.717, 1.165) is 25.1 Å². The fraction of sp³-hybridized carbons (Fsp3) is 0.259. The zero-order valence-electron chi connectivity index (χ0n) is 19.7. The average molecular weight is 460 g/mol. The Bertz CT molecular complexity index is 1210. The van der Waals surface area contributed by atoms with Crippen molar-refractivity contribution in [3.05, 3.63) is 88.5 Å². The Morgan fingerprint density at radius 2 is 1.65 bits per heavy atom. The minimum atomic E-state index is -0.227. The molecule has 0 atom stereocenters. The second-order valence-corrected chi connectivity index (χ2v) is 8.38. The minimum Gasteiger partial charge on any atom is -0.493 e. The summed E-state index contributed by atoms with van der Waals surface area (Å²) in [5.74, 6) is 0.680. The van der Waals surface area contributed by atoms with Crippen LogP contribution in [-0.4, -0.2) is 44.5 Å². The lowest BCUT2D eigenvalue weighted by molar-refractivity contribution is 0.0949. The molecule has 1 aliphatic heterocycles. The number of benzene rings is 3. The van der Waals surface area contributed by atoms with E-state index in [0.29, 0.717) is 34.9 Å². The average Bonchev–Trinajstić information content (AvgIpc) is 2.86. The van der Waals surface area contributed by atoms with Crippen molar-refractivity contribution in [2.45, 2.75) is 19.5 Å². The lowest BCUT2D eigenvalue weighted by Gasteiger charge is -2.25. The van der Waals surface area contributed by atoms with Gasteiger partial charge >= 0.3 is 0 Å². The Morgan fingerprint density at radius 3 is 2.44 bits per heavy atom. The fourth-order valence-corrected chi connectivity index (χ4v) is 4.06. The molecule has 0 fully saturated rings. The van der Waals surface area contributed by atoms with Gasteiger partial charge in [-0.1, -0.05) is 18.2 Å². The summed E-state index contributed by atoms with van der Waals surface area (Å²) in [7, 11) is 5.17. The molecule has 0 bridgehead atoms. The van der Waals surface area contributed by atoms with Gasteiger partial charge in [0.05, 0.1) is 14.2 Å². The van der Waals surface area contributed by atoms with Crippen LogP contribution in [0.15, 0.2) is 60.7 Å². The zero-order chi connectivity index (χ0) is 24.1. The first-order valence-electron chi connectivity index (χ1n) is 11.2. The Morgan fingerprint density at radius 1 is 0.882 bits per heavy atom. The van der Waals surface area contributed by atoms with Crippen LogP contribution in [0, 0.1) is 0 Å². The number of amides is 2. The largest absolute Gasteiger partial charge is 0.493 e. The molecule has 176 valence electrons. The number of hydrogen-bond donors (Lipinski definition) is 2. The molecule has 4 rings (SSSR count). The molecular weight excluding hydrogens is 430 g/mol. The predicted molar refractivity (Wildman–Crippen MR) is 132 cm³/mol. The number of ether oxygens (including phenoxy) is 2. The van der Waals surface area contributed by atoms with Crippen molar-refractivity contribution in [2.75, 3.05) is 33.1 Å². The molecule has 0 radical (unpaired) electrons. The van der Waals surface area contributed by atoms with E-state index in [9.17, 15) is 9.59 Å². The first-order chi connectivity index (χ1) is 16.5. The summed E-state index contributed by atoms with van der Waals surface area (Å²) in [4.78, 5) is 27.7. The molecule has 7 heteroatoms. The highest BCUT2D eigenvalue weighted by Crippen LogP contribution is 2.27. The maximum Gasteiger partial charge on any atom is 0.255 e. The second-order valence-electron chi connectivity index (χ2n) is 8.38. The van der Waals surface area contributed by atoms with Crippen molar-refractivity contribution in [1.82, 2.24) is 10.2 Å². The number of methoxy groups -OCH3 is 2. The maximum atomic E-state index is 12.8. The quantitative estimate of drug-likeness (QED) is 0.561. The molecule has 0 aliphatic carbocycles. The summed E-state index contributed by atoms with van der Waals surface area (Å²) in [5.41, 5.74) is 5.17. The number of carbonyl (C=O) groups excluding carboxylic acids is 2. The number of nitrogens with one attached hydrogen (secondary N) is 2. The molecule has 2 amide bonds. The van der Waals surface area contributed by atoms with E-state index in [4.69, 9.17) is 9.47 Å². The van der Waals surface area contributed by atoms with Gasteiger partial charge in [-0.25, -0.2) is 0 Å². The van der Waals surface area contributed by atoms with Gasteiger partial charge in [-0.15, -0.1) is 0 Å². The van der Waals surface area contributed by atoms with Gasteiger partial charge in [-0.2, -0.15) is 0 Å². The van der Waals surface area contributed by atoms with Crippen molar-refractivity contribution in [3.63, 3.8) is 0 Å². The number of fused-ring (bicyclic) bond motifs is 1. The summed E-state index contributed by atoms with van der Waals surface area (Å²) in [6, 6.07) is 18.4. The summed E-state index contributed by atoms with van der Waals surface area (Å²) >= 11 is 0. The van der Waals surface area contributed by atoms with E-state index < -0.39 is 0 Å². The topological polar surface area (TPSA) is 79.9 Å². The second kappa shape index (κ2) is 10.4. The first kappa shape index (κ1) is 23.3. The molecule has 1 heterocycles. The third-order valence-electron chi connectivity index (χ3n) is 5.96. The number of hydrogen-bond acceptors (Lipinski definition) is 5. The Balaban J connectivity index is 1.39. The van der Waals surface area contributed by atoms with Crippen LogP contribution in [0.2, 0.25) is 0 Å². The SMILES string of the molecule is COc1ccc(C(=O)NCc2cccc(NC(=O)c3ccc4c(c3)CN(C)CC4)c2)cc1OC. The third kappa shape index (κ3) is 5.38. The van der Waals surface area contributed by atoms with Crippen LogP contribution in [0.25, 0.3) is 0 Å². The molecule has 3 aromatic rings. The molecule has 0 aromatic heterocycles. The van der Waals surface area contributed by atoms with Gasteiger partial charge in [-0.3, -0.25) is 9.59 Å². The van der Waals surface area contributed by atoms with Gasteiger partial charge in [0.25, 0.3) is 11.8 Å². The van der Waals surface area contributed by atoms with Crippen molar-refractivity contribution < 1.29 is 19.1 Å². The minimum absolute atomic E-state index is 0.150. The highest BCUT2D eigenvalue weighted by atomic mass is 16.5. The lowest BCUT2D eigenvalue weighted by Crippen LogP contribution is -2.27. The summed E-state index contributed by atoms with van der Waals surface area (Å²) in [6.45, 7) is 2.21. The molecule has 2 N–H and O–H groups in total. The molecule has 3 aromatic carbocycles. The Kier molecular flexibility index (Phi) is 7.13. The number of carbonyl (C=O) groups is 2. The highest BCUT2D eigenvalue weighted by Gasteiger charge is 2.16. The van der Waals surface area contributed by atoms with E-state index in [2.05, 4.69) is 28.6 Å². The van der Waals surface area contributed by atoms with Gasteiger partial charge < -0.3 is 25.0 Å². The highest BCUT2D eigenvalue weighted by molar-refractivity contribution is 6.04. The van der Waals surface area contributed by atoms with Crippen molar-refractivity contribution in [1.29, 1.82) is 0 Å². The van der Waals surface area contributed by atoms with E-state index in [-0.39, 0.29) is 11.8 Å². The van der Waals surface area contributed by atoms with Gasteiger partial charge in [-0.05, 0) is 72.6 Å². The summed E-state index contributed by atoms with van der Waals surface area (Å²) in [6.07, 6.45) is 1.00. The van der Waals surface area contributed by atoms with Gasteiger partial charge in [0.15, 0.2) is 11.5 Å². The molecule has 0 spiro atoms. The predicted octanol–water partition coefficient (Wildman–Crippen LogP) is 3.87. The van der Waals surface area contributed by atoms with Crippen LogP contribution in [0.4, 0.5) is 5.69 Å². The Labute approximate surface area is 199 Å². The zero-order valence-corrected chi connectivity index (χ0v) is 19.7. The lowest BCUT2D eigenvalue weighted by atomic mass is 9.97. The van der Waals surface area contributed by atoms with E-state index in [1.165, 1.54) is 18.2 Å². The number of likely N-dealkylation sites (N-methyl/N-ethyl adjacent to an activating group) is 1. The van der Waals surface area contributed by atoms with Crippen molar-refractivity contribution in [3.8, 4) is 11.5 Å². The van der Waals surface area contributed by atoms with Crippen LogP contribution in [0.1, 0.15) is 37.4 Å². The smallest absolute Gasteiger partial charge is 0.255 e. The van der Waals surface area contributed by atoms with Crippen LogP contribution in [0.3, 0.4) is 0 Å². The Hall–Kier alpha value is -3.84.